The van der Waals surface area contributed by atoms with Crippen molar-refractivity contribution >= 4 is 18.3 Å². The zero-order valence-corrected chi connectivity index (χ0v) is 11.7. The number of rotatable bonds is 5. The molecule has 2 atom stereocenters. The number of benzene rings is 1. The first-order valence-electron chi connectivity index (χ1n) is 5.78. The zero-order chi connectivity index (χ0) is 12.8. The number of halogens is 1. The van der Waals surface area contributed by atoms with Crippen LogP contribution in [0.25, 0.3) is 0 Å². The standard InChI is InChI=1S/C14H20N2O.ClH/c1-4-5-11(3)16-14(17)13(15)12-8-6-10(2)7-9-12;/h4,6-9,11,13H,1,5,15H2,2-3H3,(H,16,17);1H. The van der Waals surface area contributed by atoms with E-state index in [9.17, 15) is 4.79 Å². The van der Waals surface area contributed by atoms with E-state index in [0.29, 0.717) is 0 Å². The van der Waals surface area contributed by atoms with Crippen molar-refractivity contribution < 1.29 is 4.79 Å². The summed E-state index contributed by atoms with van der Waals surface area (Å²) in [4.78, 5) is 11.8. The predicted octanol–water partition coefficient (Wildman–Crippen LogP) is 2.50. The lowest BCUT2D eigenvalue weighted by Gasteiger charge is -2.16. The van der Waals surface area contributed by atoms with Crippen LogP contribution >= 0.6 is 12.4 Å². The molecule has 1 aromatic rings. The predicted molar refractivity (Wildman–Crippen MR) is 77.8 cm³/mol. The molecule has 0 aliphatic carbocycles. The minimum Gasteiger partial charge on any atom is -0.352 e. The van der Waals surface area contributed by atoms with Gasteiger partial charge in [-0.1, -0.05) is 35.9 Å². The highest BCUT2D eigenvalue weighted by Crippen LogP contribution is 2.11. The van der Waals surface area contributed by atoms with Gasteiger partial charge in [-0.15, -0.1) is 19.0 Å². The van der Waals surface area contributed by atoms with Gasteiger partial charge in [0.2, 0.25) is 5.91 Å². The average molecular weight is 269 g/mol. The second-order valence-electron chi connectivity index (χ2n) is 4.32. The Hall–Kier alpha value is -1.32. The lowest BCUT2D eigenvalue weighted by molar-refractivity contribution is -0.123. The molecule has 0 radical (unpaired) electrons. The summed E-state index contributed by atoms with van der Waals surface area (Å²) in [7, 11) is 0. The Morgan fingerprint density at radius 2 is 2.00 bits per heavy atom. The summed E-state index contributed by atoms with van der Waals surface area (Å²) in [5, 5.41) is 2.86. The van der Waals surface area contributed by atoms with Crippen LogP contribution < -0.4 is 11.1 Å². The normalized spacial score (nSPS) is 13.1. The van der Waals surface area contributed by atoms with Crippen molar-refractivity contribution in [3.8, 4) is 0 Å². The van der Waals surface area contributed by atoms with Crippen LogP contribution in [0.1, 0.15) is 30.5 Å². The van der Waals surface area contributed by atoms with E-state index >= 15 is 0 Å². The molecule has 0 aromatic heterocycles. The van der Waals surface area contributed by atoms with Gasteiger partial charge >= 0.3 is 0 Å². The molecule has 0 fully saturated rings. The third kappa shape index (κ3) is 4.90. The Bertz CT molecular complexity index is 389. The molecular weight excluding hydrogens is 248 g/mol. The van der Waals surface area contributed by atoms with Crippen molar-refractivity contribution in [2.24, 2.45) is 5.73 Å². The van der Waals surface area contributed by atoms with Crippen LogP contribution in [0.2, 0.25) is 0 Å². The molecule has 2 unspecified atom stereocenters. The van der Waals surface area contributed by atoms with E-state index in [1.165, 1.54) is 0 Å². The molecule has 0 saturated heterocycles. The van der Waals surface area contributed by atoms with E-state index in [1.54, 1.807) is 6.08 Å². The molecule has 0 aliphatic heterocycles. The van der Waals surface area contributed by atoms with Crippen LogP contribution in [0.4, 0.5) is 0 Å². The Labute approximate surface area is 115 Å². The van der Waals surface area contributed by atoms with Gasteiger partial charge in [0.15, 0.2) is 0 Å². The number of nitrogens with two attached hydrogens (primary N) is 1. The molecule has 3 nitrogen and oxygen atoms in total. The maximum atomic E-state index is 11.8. The maximum absolute atomic E-state index is 11.8. The summed E-state index contributed by atoms with van der Waals surface area (Å²) in [6.45, 7) is 7.57. The molecule has 4 heteroatoms. The minimum absolute atomic E-state index is 0. The van der Waals surface area contributed by atoms with E-state index in [4.69, 9.17) is 5.73 Å². The molecule has 100 valence electrons. The van der Waals surface area contributed by atoms with Crippen LogP contribution in [0.5, 0.6) is 0 Å². The Morgan fingerprint density at radius 3 is 2.50 bits per heavy atom. The monoisotopic (exact) mass is 268 g/mol. The molecule has 0 aliphatic rings. The number of amides is 1. The van der Waals surface area contributed by atoms with Crippen LogP contribution in [0.15, 0.2) is 36.9 Å². The highest BCUT2D eigenvalue weighted by molar-refractivity contribution is 5.85. The number of hydrogen-bond donors (Lipinski definition) is 2. The zero-order valence-electron chi connectivity index (χ0n) is 10.8. The molecule has 0 heterocycles. The summed E-state index contributed by atoms with van der Waals surface area (Å²) in [5.74, 6) is -0.150. The second kappa shape index (κ2) is 7.90. The summed E-state index contributed by atoms with van der Waals surface area (Å²) < 4.78 is 0. The highest BCUT2D eigenvalue weighted by atomic mass is 35.5. The van der Waals surface area contributed by atoms with Gasteiger partial charge in [-0.05, 0) is 25.8 Å². The van der Waals surface area contributed by atoms with Crippen LogP contribution in [0, 0.1) is 6.92 Å². The Morgan fingerprint density at radius 1 is 1.44 bits per heavy atom. The van der Waals surface area contributed by atoms with Crippen molar-refractivity contribution in [1.29, 1.82) is 0 Å². The summed E-state index contributed by atoms with van der Waals surface area (Å²) in [6, 6.07) is 7.14. The fraction of sp³-hybridized carbons (Fsp3) is 0.357. The lowest BCUT2D eigenvalue weighted by atomic mass is 10.0. The third-order valence-electron chi connectivity index (χ3n) is 2.63. The number of aryl methyl sites for hydroxylation is 1. The highest BCUT2D eigenvalue weighted by Gasteiger charge is 2.16. The van der Waals surface area contributed by atoms with Crippen molar-refractivity contribution in [2.45, 2.75) is 32.4 Å². The molecule has 18 heavy (non-hydrogen) atoms. The van der Waals surface area contributed by atoms with E-state index in [2.05, 4.69) is 11.9 Å². The molecular formula is C14H21ClN2O. The molecule has 1 rings (SSSR count). The van der Waals surface area contributed by atoms with Crippen LogP contribution in [0.3, 0.4) is 0 Å². The van der Waals surface area contributed by atoms with Gasteiger partial charge < -0.3 is 11.1 Å². The number of carbonyl (C=O) groups excluding carboxylic acids is 1. The van der Waals surface area contributed by atoms with Gasteiger partial charge in [-0.25, -0.2) is 0 Å². The average Bonchev–Trinajstić information content (AvgIpc) is 2.29. The quantitative estimate of drug-likeness (QED) is 0.806. The largest absolute Gasteiger partial charge is 0.352 e. The topological polar surface area (TPSA) is 55.1 Å². The smallest absolute Gasteiger partial charge is 0.241 e. The number of carbonyl (C=O) groups is 1. The number of hydrogen-bond acceptors (Lipinski definition) is 2. The minimum atomic E-state index is -0.608. The fourth-order valence-corrected chi connectivity index (χ4v) is 1.57. The summed E-state index contributed by atoms with van der Waals surface area (Å²) >= 11 is 0. The third-order valence-corrected chi connectivity index (χ3v) is 2.63. The van der Waals surface area contributed by atoms with Gasteiger partial charge in [0.25, 0.3) is 0 Å². The van der Waals surface area contributed by atoms with Gasteiger partial charge in [0.1, 0.15) is 6.04 Å². The molecule has 1 amide bonds. The van der Waals surface area contributed by atoms with Gasteiger partial charge in [-0.2, -0.15) is 0 Å². The van der Waals surface area contributed by atoms with E-state index in [0.717, 1.165) is 17.5 Å². The molecule has 0 spiro atoms. The molecule has 0 saturated carbocycles. The van der Waals surface area contributed by atoms with Crippen LogP contribution in [-0.2, 0) is 4.79 Å². The molecule has 1 aromatic carbocycles. The first-order valence-corrected chi connectivity index (χ1v) is 5.78. The fourth-order valence-electron chi connectivity index (χ4n) is 1.57. The van der Waals surface area contributed by atoms with E-state index < -0.39 is 6.04 Å². The van der Waals surface area contributed by atoms with E-state index in [1.807, 2.05) is 38.1 Å². The van der Waals surface area contributed by atoms with Gasteiger partial charge in [0.05, 0.1) is 0 Å². The molecule has 3 N–H and O–H groups in total. The SMILES string of the molecule is C=CCC(C)NC(=O)C(N)c1ccc(C)cc1.Cl. The Kier molecular flexibility index (Phi) is 7.32. The second-order valence-corrected chi connectivity index (χ2v) is 4.32. The first kappa shape index (κ1) is 16.7. The van der Waals surface area contributed by atoms with E-state index in [-0.39, 0.29) is 24.4 Å². The van der Waals surface area contributed by atoms with Gasteiger partial charge in [-0.3, -0.25) is 4.79 Å². The Balaban J connectivity index is 0.00000289. The summed E-state index contributed by atoms with van der Waals surface area (Å²) in [5.41, 5.74) is 7.88. The van der Waals surface area contributed by atoms with Gasteiger partial charge in [0, 0.05) is 6.04 Å². The first-order chi connectivity index (χ1) is 8.04. The maximum Gasteiger partial charge on any atom is 0.241 e. The van der Waals surface area contributed by atoms with Crippen molar-refractivity contribution in [2.75, 3.05) is 0 Å². The van der Waals surface area contributed by atoms with Crippen molar-refractivity contribution in [3.05, 3.63) is 48.0 Å². The molecule has 0 bridgehead atoms. The van der Waals surface area contributed by atoms with Crippen molar-refractivity contribution in [3.63, 3.8) is 0 Å². The van der Waals surface area contributed by atoms with Crippen LogP contribution in [-0.4, -0.2) is 11.9 Å². The lowest BCUT2D eigenvalue weighted by Crippen LogP contribution is -2.39. The number of nitrogens with one attached hydrogen (secondary N) is 1. The summed E-state index contributed by atoms with van der Waals surface area (Å²) in [6.07, 6.45) is 2.52. The van der Waals surface area contributed by atoms with Crippen molar-refractivity contribution in [1.82, 2.24) is 5.32 Å².